The quantitative estimate of drug-likeness (QED) is 0.571. The zero-order valence-electron chi connectivity index (χ0n) is 12.6. The van der Waals surface area contributed by atoms with Crippen molar-refractivity contribution in [3.63, 3.8) is 0 Å². The van der Waals surface area contributed by atoms with Crippen molar-refractivity contribution in [2.24, 2.45) is 21.7 Å². The lowest BCUT2D eigenvalue weighted by Crippen LogP contribution is -2.47. The van der Waals surface area contributed by atoms with Gasteiger partial charge in [-0.05, 0) is 61.7 Å². The van der Waals surface area contributed by atoms with Crippen molar-refractivity contribution in [3.8, 4) is 0 Å². The lowest BCUT2D eigenvalue weighted by molar-refractivity contribution is 0.131. The fourth-order valence-corrected chi connectivity index (χ4v) is 3.67. The number of rotatable bonds is 6. The van der Waals surface area contributed by atoms with Crippen LogP contribution in [0.5, 0.6) is 0 Å². The highest BCUT2D eigenvalue weighted by Crippen LogP contribution is 2.60. The smallest absolute Gasteiger partial charge is 0.191 e. The molecular weight excluding hydrogens is 234 g/mol. The summed E-state index contributed by atoms with van der Waals surface area (Å²) in [5.41, 5.74) is 1.21. The fraction of sp³-hybridized carbons (Fsp3) is 0.938. The zero-order valence-corrected chi connectivity index (χ0v) is 12.6. The first-order valence-corrected chi connectivity index (χ1v) is 8.17. The van der Waals surface area contributed by atoms with E-state index in [0.29, 0.717) is 10.8 Å². The van der Waals surface area contributed by atoms with Gasteiger partial charge in [-0.3, -0.25) is 4.99 Å². The molecule has 3 nitrogen and oxygen atoms in total. The average molecular weight is 263 g/mol. The minimum atomic E-state index is 0.561. The highest BCUT2D eigenvalue weighted by atomic mass is 15.2. The van der Waals surface area contributed by atoms with Crippen LogP contribution in [0, 0.1) is 16.7 Å². The second kappa shape index (κ2) is 4.99. The molecule has 0 unspecified atom stereocenters. The lowest BCUT2D eigenvalue weighted by Gasteiger charge is -2.41. The van der Waals surface area contributed by atoms with Crippen molar-refractivity contribution in [1.82, 2.24) is 10.6 Å². The molecular formula is C16H29N3. The van der Waals surface area contributed by atoms with E-state index in [9.17, 15) is 0 Å². The first-order chi connectivity index (χ1) is 9.22. The van der Waals surface area contributed by atoms with Crippen LogP contribution in [0.15, 0.2) is 4.99 Å². The Morgan fingerprint density at radius 2 is 1.79 bits per heavy atom. The summed E-state index contributed by atoms with van der Waals surface area (Å²) in [5.74, 6) is 2.04. The number of aliphatic imine (C=N–C) groups is 1. The van der Waals surface area contributed by atoms with Crippen LogP contribution in [0.1, 0.15) is 58.3 Å². The van der Waals surface area contributed by atoms with Crippen LogP contribution in [0.4, 0.5) is 0 Å². The van der Waals surface area contributed by atoms with Gasteiger partial charge in [0.1, 0.15) is 0 Å². The molecule has 0 spiro atoms. The molecule has 0 aromatic carbocycles. The van der Waals surface area contributed by atoms with Crippen molar-refractivity contribution in [1.29, 1.82) is 0 Å². The Kier molecular flexibility index (Phi) is 3.48. The first kappa shape index (κ1) is 13.3. The van der Waals surface area contributed by atoms with Gasteiger partial charge >= 0.3 is 0 Å². The maximum atomic E-state index is 4.39. The minimum absolute atomic E-state index is 0.561. The molecule has 3 fully saturated rings. The van der Waals surface area contributed by atoms with Crippen LogP contribution < -0.4 is 10.6 Å². The predicted molar refractivity (Wildman–Crippen MR) is 80.3 cm³/mol. The van der Waals surface area contributed by atoms with Gasteiger partial charge in [0, 0.05) is 20.1 Å². The van der Waals surface area contributed by atoms with E-state index >= 15 is 0 Å². The van der Waals surface area contributed by atoms with Crippen molar-refractivity contribution in [3.05, 3.63) is 0 Å². The molecule has 3 heteroatoms. The molecule has 0 bridgehead atoms. The number of hydrogen-bond acceptors (Lipinski definition) is 1. The summed E-state index contributed by atoms with van der Waals surface area (Å²) in [4.78, 5) is 4.39. The summed E-state index contributed by atoms with van der Waals surface area (Å²) in [6.07, 6.45) is 11.3. The van der Waals surface area contributed by atoms with Crippen LogP contribution >= 0.6 is 0 Å². The average Bonchev–Trinajstić information content (AvgIpc) is 3.25. The van der Waals surface area contributed by atoms with Crippen LogP contribution in [0.2, 0.25) is 0 Å². The van der Waals surface area contributed by atoms with Gasteiger partial charge < -0.3 is 10.6 Å². The van der Waals surface area contributed by atoms with Crippen LogP contribution in [-0.4, -0.2) is 26.1 Å². The Hall–Kier alpha value is -0.730. The highest BCUT2D eigenvalue weighted by Gasteiger charge is 2.53. The van der Waals surface area contributed by atoms with Gasteiger partial charge in [-0.25, -0.2) is 0 Å². The fourth-order valence-electron chi connectivity index (χ4n) is 3.67. The Morgan fingerprint density at radius 3 is 2.21 bits per heavy atom. The summed E-state index contributed by atoms with van der Waals surface area (Å²) < 4.78 is 0. The van der Waals surface area contributed by atoms with Crippen LogP contribution in [-0.2, 0) is 0 Å². The van der Waals surface area contributed by atoms with Crippen LogP contribution in [0.25, 0.3) is 0 Å². The summed E-state index contributed by atoms with van der Waals surface area (Å²) in [6, 6.07) is 0. The molecule has 3 saturated carbocycles. The van der Waals surface area contributed by atoms with E-state index < -0.39 is 0 Å². The van der Waals surface area contributed by atoms with Crippen LogP contribution in [0.3, 0.4) is 0 Å². The zero-order chi connectivity index (χ0) is 13.3. The molecule has 2 N–H and O–H groups in total. The Bertz CT molecular complexity index is 335. The van der Waals surface area contributed by atoms with E-state index in [1.54, 1.807) is 0 Å². The summed E-state index contributed by atoms with van der Waals surface area (Å²) in [6.45, 7) is 4.55. The number of nitrogens with zero attached hydrogens (tertiary/aromatic N) is 1. The molecule has 0 amide bonds. The third-order valence-electron chi connectivity index (χ3n) is 5.96. The number of hydrogen-bond donors (Lipinski definition) is 2. The van der Waals surface area contributed by atoms with Gasteiger partial charge in [0.05, 0.1) is 0 Å². The van der Waals surface area contributed by atoms with Crippen molar-refractivity contribution in [2.45, 2.75) is 58.3 Å². The molecule has 108 valence electrons. The molecule has 0 aromatic rings. The normalized spacial score (nSPS) is 27.6. The van der Waals surface area contributed by atoms with Gasteiger partial charge in [-0.2, -0.15) is 0 Å². The molecule has 0 radical (unpaired) electrons. The topological polar surface area (TPSA) is 36.4 Å². The monoisotopic (exact) mass is 263 g/mol. The van der Waals surface area contributed by atoms with E-state index in [0.717, 1.165) is 25.0 Å². The molecule has 0 saturated heterocycles. The summed E-state index contributed by atoms with van der Waals surface area (Å²) >= 11 is 0. The molecule has 0 heterocycles. The Morgan fingerprint density at radius 1 is 1.11 bits per heavy atom. The Balaban J connectivity index is 1.43. The molecule has 3 aliphatic rings. The first-order valence-electron chi connectivity index (χ1n) is 8.17. The van der Waals surface area contributed by atoms with Gasteiger partial charge in [0.15, 0.2) is 5.96 Å². The maximum Gasteiger partial charge on any atom is 0.191 e. The van der Waals surface area contributed by atoms with Crippen molar-refractivity contribution in [2.75, 3.05) is 20.1 Å². The number of nitrogens with one attached hydrogen (secondary N) is 2. The molecule has 19 heavy (non-hydrogen) atoms. The van der Waals surface area contributed by atoms with Gasteiger partial charge in [0.2, 0.25) is 0 Å². The van der Waals surface area contributed by atoms with Gasteiger partial charge in [0.25, 0.3) is 0 Å². The van der Waals surface area contributed by atoms with E-state index in [2.05, 4.69) is 22.5 Å². The molecule has 0 aromatic heterocycles. The van der Waals surface area contributed by atoms with E-state index in [1.165, 1.54) is 51.4 Å². The van der Waals surface area contributed by atoms with Gasteiger partial charge in [-0.1, -0.05) is 13.3 Å². The summed E-state index contributed by atoms with van der Waals surface area (Å²) in [7, 11) is 1.89. The largest absolute Gasteiger partial charge is 0.356 e. The van der Waals surface area contributed by atoms with E-state index in [1.807, 2.05) is 7.05 Å². The highest BCUT2D eigenvalue weighted by molar-refractivity contribution is 5.79. The third-order valence-corrected chi connectivity index (χ3v) is 5.96. The summed E-state index contributed by atoms with van der Waals surface area (Å²) in [5, 5.41) is 7.14. The molecule has 0 aliphatic heterocycles. The van der Waals surface area contributed by atoms with Gasteiger partial charge in [-0.15, -0.1) is 0 Å². The molecule has 0 atom stereocenters. The van der Waals surface area contributed by atoms with Crippen molar-refractivity contribution >= 4 is 5.96 Å². The van der Waals surface area contributed by atoms with E-state index in [4.69, 9.17) is 0 Å². The molecule has 3 rings (SSSR count). The second-order valence-corrected chi connectivity index (χ2v) is 7.12. The molecule has 3 aliphatic carbocycles. The Labute approximate surface area is 117 Å². The third kappa shape index (κ3) is 2.75. The van der Waals surface area contributed by atoms with E-state index in [-0.39, 0.29) is 0 Å². The maximum absolute atomic E-state index is 4.39. The minimum Gasteiger partial charge on any atom is -0.356 e. The second-order valence-electron chi connectivity index (χ2n) is 7.12. The SMILES string of the molecule is CCC1(CNC(=NC)NCC2(C3CC3)CC2)CCC1. The standard InChI is InChI=1S/C16H29N3/c1-3-15(7-4-8-15)11-18-14(17-2)19-12-16(9-10-16)13-5-6-13/h13H,3-12H2,1-2H3,(H2,17,18,19). The van der Waals surface area contributed by atoms with Crippen molar-refractivity contribution < 1.29 is 0 Å². The lowest BCUT2D eigenvalue weighted by atomic mass is 9.67. The number of guanidine groups is 1. The predicted octanol–water partition coefficient (Wildman–Crippen LogP) is 2.92.